The molecule has 1 aromatic carbocycles. The molecule has 0 bridgehead atoms. The third kappa shape index (κ3) is 8.09. The summed E-state index contributed by atoms with van der Waals surface area (Å²) in [4.78, 5) is 2.50. The molecular weight excluding hydrogens is 378 g/mol. The fraction of sp³-hybridized carbons (Fsp3) is 0.760. The minimum absolute atomic E-state index is 0.320. The van der Waals surface area contributed by atoms with Crippen LogP contribution in [0.25, 0.3) is 0 Å². The summed E-state index contributed by atoms with van der Waals surface area (Å²) in [7, 11) is 5.59. The van der Waals surface area contributed by atoms with Crippen LogP contribution in [0.2, 0.25) is 0 Å². The van der Waals surface area contributed by atoms with Gasteiger partial charge in [-0.1, -0.05) is 32.3 Å². The molecule has 0 aromatic heterocycles. The fourth-order valence-corrected chi connectivity index (χ4v) is 4.20. The first kappa shape index (κ1) is 25.0. The van der Waals surface area contributed by atoms with Crippen molar-refractivity contribution in [2.75, 3.05) is 41.0 Å². The Morgan fingerprint density at radius 1 is 1.07 bits per heavy atom. The van der Waals surface area contributed by atoms with E-state index < -0.39 is 0 Å². The zero-order valence-corrected chi connectivity index (χ0v) is 19.8. The monoisotopic (exact) mass is 421 g/mol. The summed E-state index contributed by atoms with van der Waals surface area (Å²) < 4.78 is 23.1. The van der Waals surface area contributed by atoms with Crippen LogP contribution in [0.4, 0.5) is 0 Å². The van der Waals surface area contributed by atoms with Crippen molar-refractivity contribution in [2.45, 2.75) is 83.5 Å². The first-order chi connectivity index (χ1) is 14.6. The maximum Gasteiger partial charge on any atom is 0.160 e. The van der Waals surface area contributed by atoms with Gasteiger partial charge in [0, 0.05) is 19.2 Å². The second kappa shape index (κ2) is 13.9. The predicted molar refractivity (Wildman–Crippen MR) is 123 cm³/mol. The predicted octanol–water partition coefficient (Wildman–Crippen LogP) is 5.10. The van der Waals surface area contributed by atoms with Crippen LogP contribution in [0, 0.1) is 0 Å². The van der Waals surface area contributed by atoms with Crippen molar-refractivity contribution in [1.82, 2.24) is 4.90 Å². The van der Waals surface area contributed by atoms with Crippen molar-refractivity contribution in [3.8, 4) is 11.5 Å². The first-order valence-corrected chi connectivity index (χ1v) is 11.7. The van der Waals surface area contributed by atoms with Gasteiger partial charge < -0.3 is 23.8 Å². The van der Waals surface area contributed by atoms with Gasteiger partial charge in [-0.3, -0.25) is 0 Å². The molecule has 1 aliphatic rings. The van der Waals surface area contributed by atoms with Gasteiger partial charge >= 0.3 is 0 Å². The van der Waals surface area contributed by atoms with Crippen LogP contribution in [0.15, 0.2) is 18.2 Å². The summed E-state index contributed by atoms with van der Waals surface area (Å²) in [5, 5.41) is 0. The van der Waals surface area contributed by atoms with Gasteiger partial charge in [-0.2, -0.15) is 0 Å². The van der Waals surface area contributed by atoms with E-state index in [-0.39, 0.29) is 0 Å². The molecule has 0 heterocycles. The number of benzene rings is 1. The van der Waals surface area contributed by atoms with Crippen LogP contribution in [0.3, 0.4) is 0 Å². The molecule has 2 rings (SSSR count). The Kier molecular flexibility index (Phi) is 11.6. The van der Waals surface area contributed by atoms with E-state index in [2.05, 4.69) is 31.9 Å². The summed E-state index contributed by atoms with van der Waals surface area (Å²) in [6.07, 6.45) is 9.90. The Labute approximate surface area is 184 Å². The van der Waals surface area contributed by atoms with Gasteiger partial charge in [0.15, 0.2) is 11.5 Å². The highest BCUT2D eigenvalue weighted by Crippen LogP contribution is 2.28. The second-order valence-electron chi connectivity index (χ2n) is 8.50. The maximum atomic E-state index is 6.39. The minimum Gasteiger partial charge on any atom is -0.493 e. The molecule has 0 unspecified atom stereocenters. The third-order valence-corrected chi connectivity index (χ3v) is 6.19. The van der Waals surface area contributed by atoms with Gasteiger partial charge in [0.25, 0.3) is 0 Å². The smallest absolute Gasteiger partial charge is 0.160 e. The molecule has 1 fully saturated rings. The molecular formula is C25H43NO4. The van der Waals surface area contributed by atoms with Crippen LogP contribution in [-0.2, 0) is 15.9 Å². The summed E-state index contributed by atoms with van der Waals surface area (Å²) >= 11 is 0. The van der Waals surface area contributed by atoms with E-state index in [0.29, 0.717) is 18.2 Å². The highest BCUT2D eigenvalue weighted by atomic mass is 16.5. The molecule has 1 aromatic rings. The Morgan fingerprint density at radius 3 is 2.57 bits per heavy atom. The molecule has 30 heavy (non-hydrogen) atoms. The van der Waals surface area contributed by atoms with Crippen molar-refractivity contribution in [3.63, 3.8) is 0 Å². The van der Waals surface area contributed by atoms with Crippen LogP contribution < -0.4 is 9.47 Å². The third-order valence-electron chi connectivity index (χ3n) is 6.19. The van der Waals surface area contributed by atoms with Gasteiger partial charge in [0.05, 0.1) is 33.0 Å². The molecule has 0 N–H and O–H groups in total. The minimum atomic E-state index is 0.320. The highest BCUT2D eigenvalue weighted by Gasteiger charge is 2.29. The number of methoxy groups -OCH3 is 2. The van der Waals surface area contributed by atoms with E-state index in [1.54, 1.807) is 14.2 Å². The zero-order chi connectivity index (χ0) is 21.8. The lowest BCUT2D eigenvalue weighted by Crippen LogP contribution is -2.45. The first-order valence-electron chi connectivity index (χ1n) is 11.7. The highest BCUT2D eigenvalue weighted by molar-refractivity contribution is 5.42. The van der Waals surface area contributed by atoms with Crippen molar-refractivity contribution < 1.29 is 18.9 Å². The number of hydrogen-bond donors (Lipinski definition) is 0. The lowest BCUT2D eigenvalue weighted by Gasteiger charge is -2.38. The summed E-state index contributed by atoms with van der Waals surface area (Å²) in [6.45, 7) is 7.08. The molecule has 1 aliphatic carbocycles. The van der Waals surface area contributed by atoms with Gasteiger partial charge in [-0.15, -0.1) is 0 Å². The second-order valence-corrected chi connectivity index (χ2v) is 8.50. The Balaban J connectivity index is 1.79. The normalized spacial score (nSPS) is 20.3. The van der Waals surface area contributed by atoms with Crippen molar-refractivity contribution in [1.29, 1.82) is 0 Å². The largest absolute Gasteiger partial charge is 0.493 e. The fourth-order valence-electron chi connectivity index (χ4n) is 4.20. The van der Waals surface area contributed by atoms with Crippen molar-refractivity contribution in [2.24, 2.45) is 0 Å². The molecule has 3 atom stereocenters. The molecule has 0 radical (unpaired) electrons. The molecule has 5 nitrogen and oxygen atoms in total. The Hall–Kier alpha value is -1.30. The number of hydrogen-bond acceptors (Lipinski definition) is 5. The van der Waals surface area contributed by atoms with Crippen molar-refractivity contribution in [3.05, 3.63) is 23.8 Å². The summed E-state index contributed by atoms with van der Waals surface area (Å²) in [5.74, 6) is 1.55. The van der Waals surface area contributed by atoms with Crippen molar-refractivity contribution >= 4 is 0 Å². The van der Waals surface area contributed by atoms with Crippen LogP contribution in [0.1, 0.15) is 64.4 Å². The Bertz CT molecular complexity index is 595. The lowest BCUT2D eigenvalue weighted by molar-refractivity contribution is -0.0328. The molecule has 0 spiro atoms. The average Bonchev–Trinajstić information content (AvgIpc) is 2.77. The topological polar surface area (TPSA) is 40.2 Å². The number of unbranched alkanes of at least 4 members (excludes halogenated alkanes) is 1. The number of ether oxygens (including phenoxy) is 4. The molecule has 0 saturated heterocycles. The zero-order valence-electron chi connectivity index (χ0n) is 19.8. The van der Waals surface area contributed by atoms with E-state index in [9.17, 15) is 0 Å². The molecule has 172 valence electrons. The maximum absolute atomic E-state index is 6.39. The van der Waals surface area contributed by atoms with Gasteiger partial charge in [0.2, 0.25) is 0 Å². The Morgan fingerprint density at radius 2 is 1.83 bits per heavy atom. The number of rotatable bonds is 14. The number of likely N-dealkylation sites (N-methyl/N-ethyl adjacent to an activating group) is 1. The SMILES string of the molecule is CCCCO[C@@H](C)CCN(C)[C@H]1CCCC[C@@H]1OCCc1ccc(OC)c(OC)c1. The number of nitrogens with zero attached hydrogens (tertiary/aromatic N) is 1. The molecule has 1 saturated carbocycles. The molecule has 0 aliphatic heterocycles. The van der Waals surface area contributed by atoms with Crippen LogP contribution in [-0.4, -0.2) is 64.2 Å². The molecule has 5 heteroatoms. The summed E-state index contributed by atoms with van der Waals surface area (Å²) in [6, 6.07) is 6.61. The van der Waals surface area contributed by atoms with Crippen LogP contribution in [0.5, 0.6) is 11.5 Å². The summed E-state index contributed by atoms with van der Waals surface area (Å²) in [5.41, 5.74) is 1.21. The lowest BCUT2D eigenvalue weighted by atomic mass is 9.91. The van der Waals surface area contributed by atoms with Crippen LogP contribution >= 0.6 is 0 Å². The quantitative estimate of drug-likeness (QED) is 0.391. The van der Waals surface area contributed by atoms with E-state index in [4.69, 9.17) is 18.9 Å². The van der Waals surface area contributed by atoms with E-state index in [1.807, 2.05) is 12.1 Å². The van der Waals surface area contributed by atoms with Gasteiger partial charge in [-0.25, -0.2) is 0 Å². The van der Waals surface area contributed by atoms with Gasteiger partial charge in [-0.05, 0) is 63.8 Å². The van der Waals surface area contributed by atoms with Gasteiger partial charge in [0.1, 0.15) is 0 Å². The average molecular weight is 422 g/mol. The van der Waals surface area contributed by atoms with E-state index in [1.165, 1.54) is 31.2 Å². The van der Waals surface area contributed by atoms with E-state index >= 15 is 0 Å². The van der Waals surface area contributed by atoms with E-state index in [0.717, 1.165) is 56.9 Å². The standard InChI is InChI=1S/C25H43NO4/c1-6-7-17-29-20(2)14-16-26(3)22-10-8-9-11-23(22)30-18-15-21-12-13-24(27-4)25(19-21)28-5/h12-13,19-20,22-23H,6-11,14-18H2,1-5H3/t20-,22-,23-/m0/s1. The molecule has 0 amide bonds.